The van der Waals surface area contributed by atoms with Crippen LogP contribution in [-0.2, 0) is 9.47 Å². The topological polar surface area (TPSA) is 36.9 Å². The number of allylic oxidation sites excluding steroid dienone is 2. The van der Waals surface area contributed by atoms with Gasteiger partial charge in [0.1, 0.15) is 5.75 Å². The third-order valence-electron chi connectivity index (χ3n) is 9.07. The van der Waals surface area contributed by atoms with E-state index in [1.54, 1.807) is 0 Å². The first-order chi connectivity index (χ1) is 20.6. The van der Waals surface area contributed by atoms with Crippen LogP contribution in [-0.4, -0.2) is 25.6 Å². The van der Waals surface area contributed by atoms with Crippen LogP contribution in [0.25, 0.3) is 0 Å². The van der Waals surface area contributed by atoms with Crippen LogP contribution in [0.2, 0.25) is 0 Å². The van der Waals surface area contributed by atoms with E-state index in [0.717, 1.165) is 51.0 Å². The van der Waals surface area contributed by atoms with Crippen LogP contribution in [0.15, 0.2) is 42.4 Å². The number of hydrogen-bond acceptors (Lipinski definition) is 4. The molecule has 3 fully saturated rings. The van der Waals surface area contributed by atoms with Crippen molar-refractivity contribution in [1.82, 2.24) is 0 Å². The second-order valence-corrected chi connectivity index (χ2v) is 12.3. The van der Waals surface area contributed by atoms with Crippen LogP contribution in [0.3, 0.4) is 0 Å². The van der Waals surface area contributed by atoms with E-state index in [-0.39, 0.29) is 25.0 Å². The molecule has 10 heteroatoms. The lowest BCUT2D eigenvalue weighted by Gasteiger charge is -2.37. The van der Waals surface area contributed by atoms with Gasteiger partial charge in [-0.05, 0) is 81.8 Å². The third-order valence-corrected chi connectivity index (χ3v) is 9.07. The van der Waals surface area contributed by atoms with Crippen molar-refractivity contribution < 1.29 is 45.3 Å². The summed E-state index contributed by atoms with van der Waals surface area (Å²) in [6.07, 6.45) is 10.2. The number of ether oxygens (including phenoxy) is 4. The minimum absolute atomic E-state index is 0.0927. The van der Waals surface area contributed by atoms with Crippen LogP contribution < -0.4 is 9.47 Å². The van der Waals surface area contributed by atoms with Gasteiger partial charge in [-0.25, -0.2) is 4.39 Å². The number of benzene rings is 1. The Morgan fingerprint density at radius 1 is 0.884 bits per heavy atom. The first-order valence-electron chi connectivity index (χ1n) is 15.8. The van der Waals surface area contributed by atoms with Gasteiger partial charge in [-0.15, -0.1) is 0 Å². The van der Waals surface area contributed by atoms with E-state index in [9.17, 15) is 26.3 Å². The molecule has 3 aliphatic rings. The maximum Gasteiger partial charge on any atom is 0.400 e. The normalized spacial score (nSPS) is 28.5. The quantitative estimate of drug-likeness (QED) is 0.0954. The molecule has 1 heterocycles. The molecule has 1 aromatic rings. The van der Waals surface area contributed by atoms with Gasteiger partial charge >= 0.3 is 18.2 Å². The summed E-state index contributed by atoms with van der Waals surface area (Å²) in [4.78, 5) is 0. The largest absolute Gasteiger partial charge is 0.432 e. The lowest BCUT2D eigenvalue weighted by molar-refractivity contribution is -0.229. The highest BCUT2D eigenvalue weighted by Crippen LogP contribution is 2.42. The van der Waals surface area contributed by atoms with Crippen molar-refractivity contribution >= 4 is 0 Å². The number of rotatable bonds is 13. The van der Waals surface area contributed by atoms with Gasteiger partial charge in [-0.2, -0.15) is 22.0 Å². The molecule has 242 valence electrons. The van der Waals surface area contributed by atoms with Gasteiger partial charge in [-0.3, -0.25) is 0 Å². The van der Waals surface area contributed by atoms with Crippen molar-refractivity contribution in [2.24, 2.45) is 29.6 Å². The molecule has 1 aromatic carbocycles. The van der Waals surface area contributed by atoms with Gasteiger partial charge in [0.05, 0.1) is 19.1 Å². The number of alkyl halides is 2. The van der Waals surface area contributed by atoms with Gasteiger partial charge in [0.2, 0.25) is 0 Å². The Hall–Kier alpha value is -2.20. The molecule has 1 saturated heterocycles. The molecule has 2 saturated carbocycles. The Balaban J connectivity index is 1.15. The monoisotopic (exact) mass is 618 g/mol. The highest BCUT2D eigenvalue weighted by molar-refractivity contribution is 5.34. The molecule has 1 aliphatic heterocycles. The Kier molecular flexibility index (Phi) is 12.7. The fraction of sp³-hybridized carbons (Fsp3) is 0.697. The minimum Gasteiger partial charge on any atom is -0.432 e. The van der Waals surface area contributed by atoms with Crippen molar-refractivity contribution in [2.45, 2.75) is 103 Å². The van der Waals surface area contributed by atoms with E-state index in [2.05, 4.69) is 23.8 Å². The fourth-order valence-electron chi connectivity index (χ4n) is 6.43. The number of halogens is 6. The first kappa shape index (κ1) is 33.7. The second kappa shape index (κ2) is 16.2. The van der Waals surface area contributed by atoms with Crippen LogP contribution in [0.1, 0.15) is 90.4 Å². The van der Waals surface area contributed by atoms with Gasteiger partial charge in [0, 0.05) is 17.9 Å². The molecule has 0 bridgehead atoms. The van der Waals surface area contributed by atoms with Crippen molar-refractivity contribution in [2.75, 3.05) is 13.2 Å². The van der Waals surface area contributed by atoms with Crippen LogP contribution in [0.4, 0.5) is 26.3 Å². The van der Waals surface area contributed by atoms with Gasteiger partial charge in [0.25, 0.3) is 0 Å². The summed E-state index contributed by atoms with van der Waals surface area (Å²) in [5.41, 5.74) is 0. The van der Waals surface area contributed by atoms with Crippen LogP contribution >= 0.6 is 0 Å². The van der Waals surface area contributed by atoms with Crippen molar-refractivity contribution in [3.8, 4) is 11.5 Å². The molecule has 0 spiro atoms. The lowest BCUT2D eigenvalue weighted by atomic mass is 9.78. The predicted molar refractivity (Wildman–Crippen MR) is 151 cm³/mol. The maximum atomic E-state index is 14.9. The highest BCUT2D eigenvalue weighted by atomic mass is 19.3. The standard InChI is InChI=1S/C33H44F6O4/c1-2-3-4-5-6-24-20-40-32(41-21-24)25-13-9-22(10-14-25)7-8-23-11-15-26(16-12-23)33(38,39)43-27-17-18-29(28(34)19-27)42-31(37)30(35)36/h7-8,17-19,22-26,32H,2-6,9-16,20-21H2,1H3/b8-7+. The molecule has 0 unspecified atom stereocenters. The maximum absolute atomic E-state index is 14.9. The molecule has 0 aromatic heterocycles. The molecule has 0 atom stereocenters. The van der Waals surface area contributed by atoms with Gasteiger partial charge in [0.15, 0.2) is 17.9 Å². The Morgan fingerprint density at radius 3 is 2.09 bits per heavy atom. The average Bonchev–Trinajstić information content (AvgIpc) is 3.00. The molecule has 43 heavy (non-hydrogen) atoms. The molecule has 0 radical (unpaired) electrons. The van der Waals surface area contributed by atoms with Gasteiger partial charge in [-0.1, -0.05) is 44.8 Å². The molecule has 0 N–H and O–H groups in total. The zero-order chi connectivity index (χ0) is 30.8. The predicted octanol–water partition coefficient (Wildman–Crippen LogP) is 10.3. The molecule has 0 amide bonds. The smallest absolute Gasteiger partial charge is 0.400 e. The SMILES string of the molecule is CCCCCCC1COC(C2CCC(/C=C/C3CCC(C(F)(F)Oc4ccc(OC(F)=C(F)F)c(F)c4)CC3)CC2)OC1. The Labute approximate surface area is 250 Å². The summed E-state index contributed by atoms with van der Waals surface area (Å²) in [6, 6.07) is -0.00700. The molecule has 4 rings (SSSR count). The van der Waals surface area contributed by atoms with Crippen LogP contribution in [0, 0.1) is 35.4 Å². The summed E-state index contributed by atoms with van der Waals surface area (Å²) in [6.45, 7) is 3.81. The molecule has 2 aliphatic carbocycles. The zero-order valence-corrected chi connectivity index (χ0v) is 24.9. The average molecular weight is 619 g/mol. The molecular formula is C33H44F6O4. The van der Waals surface area contributed by atoms with E-state index in [1.165, 1.54) is 32.1 Å². The molecular weight excluding hydrogens is 574 g/mol. The summed E-state index contributed by atoms with van der Waals surface area (Å²) >= 11 is 0. The molecule has 4 nitrogen and oxygen atoms in total. The first-order valence-corrected chi connectivity index (χ1v) is 15.8. The van der Waals surface area contributed by atoms with Crippen LogP contribution in [0.5, 0.6) is 11.5 Å². The summed E-state index contributed by atoms with van der Waals surface area (Å²) < 4.78 is 102. The fourth-order valence-corrected chi connectivity index (χ4v) is 6.43. The summed E-state index contributed by atoms with van der Waals surface area (Å²) in [7, 11) is 0. The lowest BCUT2D eigenvalue weighted by Crippen LogP contribution is -2.38. The van der Waals surface area contributed by atoms with Crippen molar-refractivity contribution in [1.29, 1.82) is 0 Å². The van der Waals surface area contributed by atoms with E-state index in [1.807, 2.05) is 0 Å². The number of hydrogen-bond donors (Lipinski definition) is 0. The van der Waals surface area contributed by atoms with Crippen molar-refractivity contribution in [3.63, 3.8) is 0 Å². The summed E-state index contributed by atoms with van der Waals surface area (Å²) in [5, 5.41) is 0. The van der Waals surface area contributed by atoms with E-state index in [4.69, 9.17) is 14.2 Å². The minimum atomic E-state index is -3.55. The van der Waals surface area contributed by atoms with E-state index in [0.29, 0.717) is 36.7 Å². The van der Waals surface area contributed by atoms with Crippen molar-refractivity contribution in [3.05, 3.63) is 48.3 Å². The highest BCUT2D eigenvalue weighted by Gasteiger charge is 2.44. The van der Waals surface area contributed by atoms with Gasteiger partial charge < -0.3 is 18.9 Å². The Morgan fingerprint density at radius 2 is 1.51 bits per heavy atom. The number of unbranched alkanes of at least 4 members (excludes halogenated alkanes) is 3. The van der Waals surface area contributed by atoms with E-state index < -0.39 is 41.4 Å². The Bertz CT molecular complexity index is 1050. The third kappa shape index (κ3) is 10.2. The van der Waals surface area contributed by atoms with E-state index >= 15 is 0 Å². The zero-order valence-electron chi connectivity index (χ0n) is 24.9. The summed E-state index contributed by atoms with van der Waals surface area (Å²) in [5.74, 6) is -2.07. The second-order valence-electron chi connectivity index (χ2n) is 12.3.